The number of rotatable bonds is 27. The number of benzene rings is 2. The first-order valence-corrected chi connectivity index (χ1v) is 26.9. The highest BCUT2D eigenvalue weighted by atomic mass is 16.7. The number of hydrogen-bond donors (Lipinski definition) is 3. The predicted molar refractivity (Wildman–Crippen MR) is 278 cm³/mol. The number of carbonyl (C=O) groups is 4. The molecule has 3 N–H and O–H groups in total. The van der Waals surface area contributed by atoms with Gasteiger partial charge in [-0.05, 0) is 99.3 Å². The minimum atomic E-state index is -0.768. The van der Waals surface area contributed by atoms with E-state index in [1.165, 1.54) is 31.2 Å². The van der Waals surface area contributed by atoms with Gasteiger partial charge in [0.05, 0.1) is 68.0 Å². The van der Waals surface area contributed by atoms with Crippen molar-refractivity contribution < 1.29 is 42.9 Å². The van der Waals surface area contributed by atoms with Crippen molar-refractivity contribution in [1.82, 2.24) is 25.8 Å². The van der Waals surface area contributed by atoms with Crippen LogP contribution in [-0.2, 0) is 49.5 Å². The first kappa shape index (κ1) is 58.0. The van der Waals surface area contributed by atoms with Crippen LogP contribution in [0.25, 0.3) is 0 Å². The van der Waals surface area contributed by atoms with E-state index in [1.54, 1.807) is 33.2 Å². The molecule has 0 radical (unpaired) electrons. The van der Waals surface area contributed by atoms with Crippen molar-refractivity contribution in [2.24, 2.45) is 23.7 Å². The number of amides is 4. The van der Waals surface area contributed by atoms with Crippen LogP contribution in [0.15, 0.2) is 54.6 Å². The van der Waals surface area contributed by atoms with Crippen molar-refractivity contribution in [3.05, 3.63) is 71.3 Å². The molecule has 5 rings (SSSR count). The fourth-order valence-corrected chi connectivity index (χ4v) is 11.3. The molecule has 398 valence electrons. The van der Waals surface area contributed by atoms with Gasteiger partial charge in [0.15, 0.2) is 6.29 Å². The van der Waals surface area contributed by atoms with Crippen LogP contribution in [0.1, 0.15) is 155 Å². The Bertz CT molecular complexity index is 1930. The molecule has 4 amide bonds. The minimum absolute atomic E-state index is 0.0268. The number of nitrogens with zero attached hydrogens (tertiary/aromatic N) is 2. The van der Waals surface area contributed by atoms with Crippen molar-refractivity contribution in [2.45, 2.75) is 199 Å². The number of likely N-dealkylation sites (N-methyl/N-ethyl adjacent to an activating group) is 2. The molecule has 1 aliphatic carbocycles. The minimum Gasteiger partial charge on any atom is -0.379 e. The molecule has 3 fully saturated rings. The van der Waals surface area contributed by atoms with E-state index in [9.17, 15) is 19.2 Å². The van der Waals surface area contributed by atoms with Crippen LogP contribution in [0.2, 0.25) is 0 Å². The van der Waals surface area contributed by atoms with Crippen LogP contribution in [0.3, 0.4) is 0 Å². The third-order valence-electron chi connectivity index (χ3n) is 15.7. The van der Waals surface area contributed by atoms with Crippen LogP contribution in [0.4, 0.5) is 0 Å². The summed E-state index contributed by atoms with van der Waals surface area (Å²) < 4.78 is 31.7. The summed E-state index contributed by atoms with van der Waals surface area (Å²) in [6, 6.07) is 16.4. The van der Waals surface area contributed by atoms with Crippen LogP contribution in [-0.4, -0.2) is 130 Å². The Morgan fingerprint density at radius 3 is 2.07 bits per heavy atom. The van der Waals surface area contributed by atoms with Gasteiger partial charge in [-0.1, -0.05) is 122 Å². The van der Waals surface area contributed by atoms with Gasteiger partial charge < -0.3 is 49.4 Å². The van der Waals surface area contributed by atoms with Crippen molar-refractivity contribution in [3.8, 4) is 0 Å². The molecule has 0 spiro atoms. The number of ether oxygens (including phenoxy) is 5. The second kappa shape index (κ2) is 28.5. The lowest BCUT2D eigenvalue weighted by molar-refractivity contribution is -0.229. The molecule has 0 bridgehead atoms. The third-order valence-corrected chi connectivity index (χ3v) is 15.7. The highest BCUT2D eigenvalue weighted by Crippen LogP contribution is 2.35. The highest BCUT2D eigenvalue weighted by Gasteiger charge is 2.44. The lowest BCUT2D eigenvalue weighted by Gasteiger charge is -2.41. The molecular formula is C57H91N5O9. The Morgan fingerprint density at radius 2 is 1.46 bits per heavy atom. The Hall–Kier alpha value is -3.92. The predicted octanol–water partition coefficient (Wildman–Crippen LogP) is 8.32. The maximum atomic E-state index is 14.5. The van der Waals surface area contributed by atoms with E-state index in [0.29, 0.717) is 32.1 Å². The van der Waals surface area contributed by atoms with Gasteiger partial charge >= 0.3 is 0 Å². The van der Waals surface area contributed by atoms with E-state index in [2.05, 4.69) is 54.1 Å². The quantitative estimate of drug-likeness (QED) is 0.0796. The van der Waals surface area contributed by atoms with Crippen LogP contribution in [0.5, 0.6) is 0 Å². The van der Waals surface area contributed by atoms with Crippen LogP contribution < -0.4 is 16.0 Å². The number of likely N-dealkylation sites (tertiary alicyclic amines) is 1. The van der Waals surface area contributed by atoms with E-state index in [1.807, 2.05) is 76.8 Å². The molecule has 2 aromatic rings. The molecule has 14 nitrogen and oxygen atoms in total. The molecule has 12 atom stereocenters. The zero-order valence-electron chi connectivity index (χ0n) is 45.3. The zero-order valence-corrected chi connectivity index (χ0v) is 45.3. The van der Waals surface area contributed by atoms with Crippen LogP contribution >= 0.6 is 0 Å². The van der Waals surface area contributed by atoms with Gasteiger partial charge in [0, 0.05) is 27.8 Å². The normalized spacial score (nSPS) is 22.6. The Labute approximate surface area is 426 Å². The summed E-state index contributed by atoms with van der Waals surface area (Å²) in [6.45, 7) is 17.2. The van der Waals surface area contributed by atoms with Crippen molar-refractivity contribution in [3.63, 3.8) is 0 Å². The first-order chi connectivity index (χ1) is 34.0. The summed E-state index contributed by atoms with van der Waals surface area (Å²) in [4.78, 5) is 60.0. The largest absolute Gasteiger partial charge is 0.379 e. The van der Waals surface area contributed by atoms with Gasteiger partial charge in [-0.3, -0.25) is 19.2 Å². The standard InChI is InChI=1S/C57H91N5O9/c1-13-38(6)52(61(10)57(66)51(37(4)5)60-56(65)50(58-9)36(2)3)47(67-11)33-48(63)62-32-20-26-46(62)53(68-12)39(7)55(64)59-40(8)54(44-23-15-14-16-24-44)71-49-27-19-25-45(70-49)35-69-34-41-28-30-43(31-29-41)42-21-17-18-22-42/h14-16,23-24,28-31,36-40,42,45-47,49-54,58H,13,17-22,25-27,32-35H2,1-12H3,(H,59,64)(H,60,65)/t38-,39+,40+,45?,46-,47+,49?,50-,51-,52-,53+,54+/m0/s1. The lowest BCUT2D eigenvalue weighted by atomic mass is 9.89. The van der Waals surface area contributed by atoms with E-state index < -0.39 is 54.7 Å². The van der Waals surface area contributed by atoms with Gasteiger partial charge in [-0.25, -0.2) is 0 Å². The Balaban J connectivity index is 1.21. The zero-order chi connectivity index (χ0) is 51.8. The molecule has 2 saturated heterocycles. The molecule has 2 aliphatic heterocycles. The average Bonchev–Trinajstić information content (AvgIpc) is 4.09. The summed E-state index contributed by atoms with van der Waals surface area (Å²) in [6.07, 6.45) is 7.70. The SMILES string of the molecule is CC[C@H](C)[C@@H]([C@@H](CC(=O)N1CCC[C@H]1[C@H](OC)[C@@H](C)C(=O)N[C@H](C)[C@@H](OC1CCCC(COCc2ccc(C3CCCC3)cc2)O1)c1ccccc1)OC)N(C)C(=O)[C@@H](NC(=O)[C@@H](NC)C(C)C)C(C)C. The summed E-state index contributed by atoms with van der Waals surface area (Å²) in [5.74, 6) is -0.886. The molecule has 71 heavy (non-hydrogen) atoms. The van der Waals surface area contributed by atoms with E-state index in [4.69, 9.17) is 23.7 Å². The summed E-state index contributed by atoms with van der Waals surface area (Å²) in [5, 5.41) is 9.35. The van der Waals surface area contributed by atoms with Crippen LogP contribution in [0, 0.1) is 23.7 Å². The van der Waals surface area contributed by atoms with E-state index in [-0.39, 0.29) is 59.9 Å². The van der Waals surface area contributed by atoms with Crippen molar-refractivity contribution in [2.75, 3.05) is 41.5 Å². The van der Waals surface area contributed by atoms with Gasteiger partial charge in [-0.2, -0.15) is 0 Å². The van der Waals surface area contributed by atoms with Gasteiger partial charge in [0.1, 0.15) is 12.1 Å². The van der Waals surface area contributed by atoms with Crippen molar-refractivity contribution in [1.29, 1.82) is 0 Å². The topological polar surface area (TPSA) is 157 Å². The number of hydrogen-bond acceptors (Lipinski definition) is 10. The van der Waals surface area contributed by atoms with Gasteiger partial charge in [-0.15, -0.1) is 0 Å². The van der Waals surface area contributed by atoms with Gasteiger partial charge in [0.25, 0.3) is 0 Å². The fraction of sp³-hybridized carbons (Fsp3) is 0.719. The summed E-state index contributed by atoms with van der Waals surface area (Å²) in [7, 11) is 6.67. The molecule has 2 aromatic carbocycles. The maximum Gasteiger partial charge on any atom is 0.245 e. The number of nitrogens with one attached hydrogen (secondary N) is 3. The summed E-state index contributed by atoms with van der Waals surface area (Å²) in [5.41, 5.74) is 3.53. The monoisotopic (exact) mass is 990 g/mol. The summed E-state index contributed by atoms with van der Waals surface area (Å²) >= 11 is 0. The lowest BCUT2D eigenvalue weighted by Crippen LogP contribution is -2.59. The maximum absolute atomic E-state index is 14.5. The molecule has 1 saturated carbocycles. The molecule has 2 unspecified atom stereocenters. The molecule has 3 aliphatic rings. The second-order valence-electron chi connectivity index (χ2n) is 21.5. The fourth-order valence-electron chi connectivity index (χ4n) is 11.3. The smallest absolute Gasteiger partial charge is 0.245 e. The van der Waals surface area contributed by atoms with Crippen molar-refractivity contribution >= 4 is 23.6 Å². The molecular weight excluding hydrogens is 899 g/mol. The first-order valence-electron chi connectivity index (χ1n) is 26.9. The number of carbonyl (C=O) groups excluding carboxylic acids is 4. The van der Waals surface area contributed by atoms with Gasteiger partial charge in [0.2, 0.25) is 23.6 Å². The second-order valence-corrected chi connectivity index (χ2v) is 21.5. The Morgan fingerprint density at radius 1 is 0.789 bits per heavy atom. The highest BCUT2D eigenvalue weighted by molar-refractivity contribution is 5.90. The average molecular weight is 990 g/mol. The van der Waals surface area contributed by atoms with E-state index in [0.717, 1.165) is 43.2 Å². The third kappa shape index (κ3) is 15.8. The molecule has 0 aromatic heterocycles. The molecule has 2 heterocycles. The Kier molecular flexibility index (Phi) is 23.3. The van der Waals surface area contributed by atoms with E-state index >= 15 is 0 Å². The number of methoxy groups -OCH3 is 2. The molecule has 14 heteroatoms.